The fourth-order valence-corrected chi connectivity index (χ4v) is 3.56. The third-order valence-electron chi connectivity index (χ3n) is 5.88. The van der Waals surface area contributed by atoms with E-state index in [4.69, 9.17) is 20.4 Å². The summed E-state index contributed by atoms with van der Waals surface area (Å²) in [4.78, 5) is 41.1. The van der Waals surface area contributed by atoms with Gasteiger partial charge in [-0.05, 0) is 0 Å². The summed E-state index contributed by atoms with van der Waals surface area (Å²) in [6, 6.07) is 0. The Hall–Kier alpha value is -1.38. The van der Waals surface area contributed by atoms with Crippen molar-refractivity contribution < 1.29 is 52.8 Å². The zero-order valence-corrected chi connectivity index (χ0v) is 26.3. The second-order valence-electron chi connectivity index (χ2n) is 8.54. The summed E-state index contributed by atoms with van der Waals surface area (Å²) in [6.07, 6.45) is 8.94. The second-order valence-corrected chi connectivity index (χ2v) is 16.1. The first-order valence-electron chi connectivity index (χ1n) is 12.3. The summed E-state index contributed by atoms with van der Waals surface area (Å²) in [5, 5.41) is 49.8. The van der Waals surface area contributed by atoms with Crippen LogP contribution >= 0.6 is 27.2 Å². The molecule has 0 aromatic rings. The Bertz CT molecular complexity index is 720. The van der Waals surface area contributed by atoms with Crippen molar-refractivity contribution in [2.75, 3.05) is 45.8 Å². The van der Waals surface area contributed by atoms with Crippen LogP contribution in [0.1, 0.15) is 38.5 Å². The molecule has 0 spiro atoms. The predicted octanol–water partition coefficient (Wildman–Crippen LogP) is 5.15. The van der Waals surface area contributed by atoms with Gasteiger partial charge in [-0.1, -0.05) is 50.7 Å². The molecule has 0 radical (unpaired) electrons. The number of nitrogens with zero attached hydrogens (tertiary/aromatic N) is 4. The van der Waals surface area contributed by atoms with Crippen LogP contribution in [0, 0.1) is 17.8 Å². The molecular weight excluding hydrogens is 735 g/mol. The fourth-order valence-electron chi connectivity index (χ4n) is 3.56. The number of carboxylic acid groups (broad SMARTS) is 4. The Morgan fingerprint density at radius 3 is 1.13 bits per heavy atom. The molecule has 0 aromatic heterocycles. The Morgan fingerprint density at radius 2 is 0.974 bits per heavy atom. The van der Waals surface area contributed by atoms with Crippen LogP contribution in [0.3, 0.4) is 0 Å². The number of piperidine rings is 3. The normalized spacial score (nSPS) is 19.4. The molecule has 4 N–H and O–H groups in total. The zero-order chi connectivity index (χ0) is 29.5. The number of carbonyl (C=O) groups is 4. The molecule has 4 heterocycles. The molecule has 0 saturated carbocycles. The molecule has 39 heavy (non-hydrogen) atoms. The Balaban J connectivity index is 0.000000477. The quantitative estimate of drug-likeness (QED) is 0.281. The van der Waals surface area contributed by atoms with E-state index in [2.05, 4.69) is 48.5 Å². The van der Waals surface area contributed by atoms with E-state index in [9.17, 15) is 19.2 Å². The van der Waals surface area contributed by atoms with Crippen LogP contribution in [-0.2, 0) is 32.4 Å². The molecule has 0 aromatic carbocycles. The SMILES string of the molecule is O=C(O)C1=CC[N-]C=C1.O=C(O)C1CC[N-]CC1.O=C(O)C1CC[N-]CC1.O=C(O)C1CC[N-]CC1.[Br][Rh][Br]. The monoisotopic (exact) mass is 769 g/mol. The second kappa shape index (κ2) is 24.4. The standard InChI is InChI=1S/3C6H10NO2.C6H6NO2.2BrH.Rh/c4*8-6(9)5-1-3-7-4-2-5;;;/h3*5H,1-4H2,(H,8,9);1-3H,4H2,(H,8,9);2*1H;/q4*-1;;;+2/p-2. The van der Waals surface area contributed by atoms with Gasteiger partial charge in [-0.15, -0.1) is 45.8 Å². The maximum atomic E-state index is 10.3. The van der Waals surface area contributed by atoms with Gasteiger partial charge in [0.15, 0.2) is 0 Å². The molecule has 3 saturated heterocycles. The molecule has 4 rings (SSSR count). The summed E-state index contributed by atoms with van der Waals surface area (Å²) in [5.41, 5.74) is 0.324. The van der Waals surface area contributed by atoms with Gasteiger partial charge in [0.1, 0.15) is 0 Å². The average Bonchev–Trinajstić information content (AvgIpc) is 2.96. The van der Waals surface area contributed by atoms with E-state index in [1.54, 1.807) is 6.08 Å². The number of halogens is 2. The number of aliphatic carboxylic acids is 4. The van der Waals surface area contributed by atoms with Gasteiger partial charge in [-0.3, -0.25) is 14.4 Å². The van der Waals surface area contributed by atoms with Gasteiger partial charge < -0.3 is 41.7 Å². The van der Waals surface area contributed by atoms with E-state index in [-0.39, 0.29) is 17.8 Å². The molecule has 12 nitrogen and oxygen atoms in total. The Kier molecular flexibility index (Phi) is 23.6. The zero-order valence-electron chi connectivity index (χ0n) is 21.5. The topological polar surface area (TPSA) is 206 Å². The molecule has 4 aliphatic heterocycles. The van der Waals surface area contributed by atoms with Crippen molar-refractivity contribution in [1.29, 1.82) is 0 Å². The summed E-state index contributed by atoms with van der Waals surface area (Å²) < 4.78 is 0. The minimum atomic E-state index is -0.888. The summed E-state index contributed by atoms with van der Waals surface area (Å²) in [5.74, 6) is -3.24. The third-order valence-corrected chi connectivity index (χ3v) is 5.88. The van der Waals surface area contributed by atoms with Crippen LogP contribution in [0.15, 0.2) is 23.9 Å². The maximum absolute atomic E-state index is 10.3. The average molecular weight is 771 g/mol. The van der Waals surface area contributed by atoms with Gasteiger partial charge >= 0.3 is 64.3 Å². The van der Waals surface area contributed by atoms with E-state index < -0.39 is 23.9 Å². The van der Waals surface area contributed by atoms with E-state index >= 15 is 0 Å². The van der Waals surface area contributed by atoms with Crippen LogP contribution in [0.4, 0.5) is 0 Å². The number of rotatable bonds is 4. The van der Waals surface area contributed by atoms with E-state index in [1.807, 2.05) is 0 Å². The Labute approximate surface area is 250 Å². The van der Waals surface area contributed by atoms with Crippen molar-refractivity contribution >= 4 is 51.1 Å². The summed E-state index contributed by atoms with van der Waals surface area (Å²) in [7, 11) is 0. The molecular formula is C24H36Br2N4O8Rh-4. The molecule has 0 amide bonds. The van der Waals surface area contributed by atoms with Gasteiger partial charge in [-0.2, -0.15) is 6.20 Å². The molecule has 0 bridgehead atoms. The van der Waals surface area contributed by atoms with Crippen LogP contribution in [0.2, 0.25) is 0 Å². The van der Waals surface area contributed by atoms with Crippen LogP contribution in [-0.4, -0.2) is 90.1 Å². The molecule has 0 unspecified atom stereocenters. The number of hydrogen-bond acceptors (Lipinski definition) is 4. The van der Waals surface area contributed by atoms with Crippen LogP contribution in [0.25, 0.3) is 21.3 Å². The first kappa shape index (κ1) is 37.6. The van der Waals surface area contributed by atoms with Crippen molar-refractivity contribution in [2.24, 2.45) is 17.8 Å². The molecule has 4 aliphatic rings. The first-order chi connectivity index (χ1) is 18.6. The van der Waals surface area contributed by atoms with Crippen molar-refractivity contribution in [1.82, 2.24) is 0 Å². The van der Waals surface area contributed by atoms with Crippen molar-refractivity contribution in [3.63, 3.8) is 0 Å². The van der Waals surface area contributed by atoms with E-state index in [1.165, 1.54) is 12.3 Å². The minimum absolute atomic E-state index is 0.123. The van der Waals surface area contributed by atoms with Gasteiger partial charge in [-0.25, -0.2) is 4.79 Å². The third kappa shape index (κ3) is 20.2. The summed E-state index contributed by atoms with van der Waals surface area (Å²) >= 11 is 6.72. The predicted molar refractivity (Wildman–Crippen MR) is 151 cm³/mol. The van der Waals surface area contributed by atoms with Crippen molar-refractivity contribution in [3.05, 3.63) is 45.2 Å². The first-order valence-corrected chi connectivity index (χ1v) is 19.8. The van der Waals surface area contributed by atoms with Gasteiger partial charge in [0, 0.05) is 0 Å². The molecule has 15 heteroatoms. The van der Waals surface area contributed by atoms with Crippen molar-refractivity contribution in [3.8, 4) is 0 Å². The molecule has 0 atom stereocenters. The van der Waals surface area contributed by atoms with E-state index in [0.29, 0.717) is 25.3 Å². The Morgan fingerprint density at radius 1 is 0.667 bits per heavy atom. The molecule has 0 aliphatic carbocycles. The van der Waals surface area contributed by atoms with Crippen molar-refractivity contribution in [2.45, 2.75) is 38.5 Å². The number of hydrogen-bond donors (Lipinski definition) is 4. The van der Waals surface area contributed by atoms with Gasteiger partial charge in [0.05, 0.1) is 23.3 Å². The molecule has 3 fully saturated rings. The van der Waals surface area contributed by atoms with Crippen LogP contribution < -0.4 is 0 Å². The van der Waals surface area contributed by atoms with Gasteiger partial charge in [0.25, 0.3) is 0 Å². The fraction of sp³-hybridized carbons (Fsp3) is 0.667. The number of carboxylic acids is 4. The van der Waals surface area contributed by atoms with Gasteiger partial charge in [0.2, 0.25) is 0 Å². The van der Waals surface area contributed by atoms with Crippen LogP contribution in [0.5, 0.6) is 0 Å². The van der Waals surface area contributed by atoms with E-state index in [0.717, 1.165) is 77.8 Å². The summed E-state index contributed by atoms with van der Waals surface area (Å²) in [6.45, 7) is 4.88. The molecule has 227 valence electrons.